The number of nitrogens with zero attached hydrogens (tertiary/aromatic N) is 2. The van der Waals surface area contributed by atoms with E-state index in [-0.39, 0.29) is 0 Å². The minimum Gasteiger partial charge on any atom is -0.313 e. The molecular formula is C17H33N3. The van der Waals surface area contributed by atoms with E-state index < -0.39 is 0 Å². The van der Waals surface area contributed by atoms with Crippen molar-refractivity contribution in [3.8, 4) is 6.07 Å². The molecule has 1 saturated heterocycles. The van der Waals surface area contributed by atoms with Crippen LogP contribution < -0.4 is 5.32 Å². The van der Waals surface area contributed by atoms with E-state index in [2.05, 4.69) is 50.9 Å². The minimum absolute atomic E-state index is 0.378. The number of nitrogens with one attached hydrogen (secondary N) is 1. The number of nitriles is 1. The average Bonchev–Trinajstić information content (AvgIpc) is 2.26. The predicted octanol–water partition coefficient (Wildman–Crippen LogP) is 3.27. The van der Waals surface area contributed by atoms with Crippen LogP contribution in [0.25, 0.3) is 0 Å². The smallest absolute Gasteiger partial charge is 0.0866 e. The number of hydrogen-bond acceptors (Lipinski definition) is 3. The maximum atomic E-state index is 8.96. The van der Waals surface area contributed by atoms with Gasteiger partial charge in [-0.3, -0.25) is 4.90 Å². The highest BCUT2D eigenvalue weighted by molar-refractivity contribution is 4.89. The third-order valence-electron chi connectivity index (χ3n) is 3.96. The fourth-order valence-electron chi connectivity index (χ4n) is 3.27. The van der Waals surface area contributed by atoms with Crippen LogP contribution >= 0.6 is 0 Å². The zero-order valence-electron chi connectivity index (χ0n) is 14.1. The number of likely N-dealkylation sites (tertiary alicyclic amines) is 1. The van der Waals surface area contributed by atoms with Crippen LogP contribution in [0.15, 0.2) is 0 Å². The SMILES string of the molecule is CC(C)CCNC1CC(CC(C)(C)C)CN(CC#N)C1. The standard InChI is InChI=1S/C17H33N3/c1-14(2)6-8-19-16-10-15(11-17(3,4)5)12-20(13-16)9-7-18/h14-16,19H,6,8-13H2,1-5H3. The van der Waals surface area contributed by atoms with Crippen molar-refractivity contribution >= 4 is 0 Å². The molecule has 0 aliphatic carbocycles. The van der Waals surface area contributed by atoms with Crippen molar-refractivity contribution in [2.45, 2.75) is 59.9 Å². The van der Waals surface area contributed by atoms with Gasteiger partial charge in [-0.1, -0.05) is 34.6 Å². The van der Waals surface area contributed by atoms with Gasteiger partial charge in [0.1, 0.15) is 0 Å². The Kier molecular flexibility index (Phi) is 6.99. The lowest BCUT2D eigenvalue weighted by Gasteiger charge is -2.39. The van der Waals surface area contributed by atoms with Gasteiger partial charge in [0.2, 0.25) is 0 Å². The fraction of sp³-hybridized carbons (Fsp3) is 0.941. The summed E-state index contributed by atoms with van der Waals surface area (Å²) in [7, 11) is 0. The second-order valence-electron chi connectivity index (χ2n) is 8.05. The second kappa shape index (κ2) is 8.00. The highest BCUT2D eigenvalue weighted by Gasteiger charge is 2.29. The van der Waals surface area contributed by atoms with Gasteiger partial charge in [0.15, 0.2) is 0 Å². The van der Waals surface area contributed by atoms with Crippen LogP contribution in [0.1, 0.15) is 53.9 Å². The van der Waals surface area contributed by atoms with E-state index in [1.807, 2.05) is 0 Å². The highest BCUT2D eigenvalue weighted by atomic mass is 15.2. The molecule has 2 atom stereocenters. The van der Waals surface area contributed by atoms with Gasteiger partial charge in [-0.05, 0) is 43.1 Å². The van der Waals surface area contributed by atoms with Gasteiger partial charge in [-0.15, -0.1) is 0 Å². The summed E-state index contributed by atoms with van der Waals surface area (Å²) in [4.78, 5) is 2.33. The topological polar surface area (TPSA) is 39.1 Å². The first-order valence-electron chi connectivity index (χ1n) is 8.13. The monoisotopic (exact) mass is 279 g/mol. The van der Waals surface area contributed by atoms with E-state index in [0.29, 0.717) is 23.9 Å². The van der Waals surface area contributed by atoms with Gasteiger partial charge < -0.3 is 5.32 Å². The van der Waals surface area contributed by atoms with Crippen molar-refractivity contribution in [2.75, 3.05) is 26.2 Å². The molecule has 1 N–H and O–H groups in total. The van der Waals surface area contributed by atoms with Crippen LogP contribution in [0.4, 0.5) is 0 Å². The molecule has 0 saturated carbocycles. The molecule has 0 aromatic carbocycles. The molecule has 0 amide bonds. The Hall–Kier alpha value is -0.590. The van der Waals surface area contributed by atoms with Crippen molar-refractivity contribution in [1.82, 2.24) is 10.2 Å². The van der Waals surface area contributed by atoms with Gasteiger partial charge in [0.05, 0.1) is 12.6 Å². The first kappa shape index (κ1) is 17.5. The molecule has 1 fully saturated rings. The molecule has 1 rings (SSSR count). The molecule has 2 unspecified atom stereocenters. The van der Waals surface area contributed by atoms with Gasteiger partial charge in [-0.25, -0.2) is 0 Å². The van der Waals surface area contributed by atoms with Crippen LogP contribution in [0.5, 0.6) is 0 Å². The molecule has 0 radical (unpaired) electrons. The van der Waals surface area contributed by atoms with Gasteiger partial charge in [0.25, 0.3) is 0 Å². The van der Waals surface area contributed by atoms with E-state index in [0.717, 1.165) is 25.6 Å². The quantitative estimate of drug-likeness (QED) is 0.758. The van der Waals surface area contributed by atoms with Crippen molar-refractivity contribution in [3.63, 3.8) is 0 Å². The third kappa shape index (κ3) is 7.26. The van der Waals surface area contributed by atoms with E-state index in [4.69, 9.17) is 5.26 Å². The van der Waals surface area contributed by atoms with Gasteiger partial charge in [0, 0.05) is 19.1 Å². The number of hydrogen-bond donors (Lipinski definition) is 1. The minimum atomic E-state index is 0.378. The Morgan fingerprint density at radius 3 is 2.55 bits per heavy atom. The summed E-state index contributed by atoms with van der Waals surface area (Å²) in [5, 5.41) is 12.7. The van der Waals surface area contributed by atoms with E-state index in [9.17, 15) is 0 Å². The van der Waals surface area contributed by atoms with E-state index in [1.165, 1.54) is 19.3 Å². The van der Waals surface area contributed by atoms with Crippen LogP contribution in [-0.4, -0.2) is 37.1 Å². The summed E-state index contributed by atoms with van der Waals surface area (Å²) < 4.78 is 0. The largest absolute Gasteiger partial charge is 0.313 e. The molecule has 0 spiro atoms. The first-order valence-corrected chi connectivity index (χ1v) is 8.13. The molecule has 0 aromatic heterocycles. The van der Waals surface area contributed by atoms with Crippen LogP contribution in [0.3, 0.4) is 0 Å². The lowest BCUT2D eigenvalue weighted by Crippen LogP contribution is -2.50. The van der Waals surface area contributed by atoms with Crippen molar-refractivity contribution in [2.24, 2.45) is 17.3 Å². The second-order valence-corrected chi connectivity index (χ2v) is 8.05. The molecule has 116 valence electrons. The molecule has 1 heterocycles. The normalized spacial score (nSPS) is 24.9. The Morgan fingerprint density at radius 1 is 1.30 bits per heavy atom. The van der Waals surface area contributed by atoms with Crippen LogP contribution in [0.2, 0.25) is 0 Å². The Bertz CT molecular complexity index is 311. The van der Waals surface area contributed by atoms with Crippen molar-refractivity contribution in [1.29, 1.82) is 5.26 Å². The number of piperidine rings is 1. The maximum Gasteiger partial charge on any atom is 0.0866 e. The molecule has 1 aliphatic rings. The summed E-state index contributed by atoms with van der Waals surface area (Å²) in [5.74, 6) is 1.47. The van der Waals surface area contributed by atoms with E-state index in [1.54, 1.807) is 0 Å². The van der Waals surface area contributed by atoms with Crippen LogP contribution in [0, 0.1) is 28.6 Å². The molecular weight excluding hydrogens is 246 g/mol. The van der Waals surface area contributed by atoms with Gasteiger partial charge >= 0.3 is 0 Å². The third-order valence-corrected chi connectivity index (χ3v) is 3.96. The maximum absolute atomic E-state index is 8.96. The fourth-order valence-corrected chi connectivity index (χ4v) is 3.27. The average molecular weight is 279 g/mol. The summed E-state index contributed by atoms with van der Waals surface area (Å²) in [6, 6.07) is 2.87. The van der Waals surface area contributed by atoms with Crippen LogP contribution in [-0.2, 0) is 0 Å². The Labute approximate surface area is 125 Å². The zero-order chi connectivity index (χ0) is 15.2. The molecule has 0 aromatic rings. The predicted molar refractivity (Wildman–Crippen MR) is 85.5 cm³/mol. The van der Waals surface area contributed by atoms with Crippen molar-refractivity contribution in [3.05, 3.63) is 0 Å². The number of rotatable bonds is 6. The Morgan fingerprint density at radius 2 is 2.00 bits per heavy atom. The molecule has 20 heavy (non-hydrogen) atoms. The summed E-state index contributed by atoms with van der Waals surface area (Å²) in [5.41, 5.74) is 0.378. The lowest BCUT2D eigenvalue weighted by molar-refractivity contribution is 0.124. The molecule has 3 heteroatoms. The summed E-state index contributed by atoms with van der Waals surface area (Å²) >= 11 is 0. The zero-order valence-corrected chi connectivity index (χ0v) is 14.1. The highest BCUT2D eigenvalue weighted by Crippen LogP contribution is 2.30. The molecule has 0 bridgehead atoms. The van der Waals surface area contributed by atoms with Crippen molar-refractivity contribution < 1.29 is 0 Å². The summed E-state index contributed by atoms with van der Waals surface area (Å²) in [6.07, 6.45) is 3.74. The molecule has 1 aliphatic heterocycles. The van der Waals surface area contributed by atoms with Gasteiger partial charge in [-0.2, -0.15) is 5.26 Å². The first-order chi connectivity index (χ1) is 9.30. The molecule has 3 nitrogen and oxygen atoms in total. The lowest BCUT2D eigenvalue weighted by atomic mass is 9.80. The van der Waals surface area contributed by atoms with E-state index >= 15 is 0 Å². The summed E-state index contributed by atoms with van der Waals surface area (Å²) in [6.45, 7) is 15.3. The Balaban J connectivity index is 2.50.